The number of carbonyl (C=O) groups is 1. The first-order chi connectivity index (χ1) is 6.13. The van der Waals surface area contributed by atoms with Crippen LogP contribution in [-0.4, -0.2) is 37.2 Å². The van der Waals surface area contributed by atoms with Crippen LogP contribution >= 0.6 is 0 Å². The second-order valence-corrected chi connectivity index (χ2v) is 2.53. The maximum atomic E-state index is 11.2. The van der Waals surface area contributed by atoms with E-state index in [1.165, 1.54) is 0 Å². The van der Waals surface area contributed by atoms with E-state index in [1.807, 2.05) is 0 Å². The van der Waals surface area contributed by atoms with E-state index in [1.54, 1.807) is 14.0 Å². The van der Waals surface area contributed by atoms with Gasteiger partial charge in [-0.25, -0.2) is 0 Å². The standard InChI is InChI=1S/C7H15N3O3/c1-5(6(8)10-12)7(11)9-3-4-13-2/h5,12H,3-4H2,1-2H3,(H2,8,10)(H,9,11). The minimum absolute atomic E-state index is 0.102. The molecule has 4 N–H and O–H groups in total. The van der Waals surface area contributed by atoms with Gasteiger partial charge in [-0.2, -0.15) is 0 Å². The van der Waals surface area contributed by atoms with Gasteiger partial charge in [0.05, 0.1) is 12.5 Å². The van der Waals surface area contributed by atoms with Gasteiger partial charge in [-0.05, 0) is 6.92 Å². The molecule has 6 nitrogen and oxygen atoms in total. The molecule has 0 aliphatic carbocycles. The lowest BCUT2D eigenvalue weighted by Gasteiger charge is -2.09. The van der Waals surface area contributed by atoms with Crippen LogP contribution in [0.15, 0.2) is 5.16 Å². The quantitative estimate of drug-likeness (QED) is 0.172. The molecule has 0 saturated heterocycles. The van der Waals surface area contributed by atoms with Gasteiger partial charge in [0.1, 0.15) is 0 Å². The van der Waals surface area contributed by atoms with E-state index in [-0.39, 0.29) is 11.7 Å². The fraction of sp³-hybridized carbons (Fsp3) is 0.714. The lowest BCUT2D eigenvalue weighted by molar-refractivity contribution is -0.122. The van der Waals surface area contributed by atoms with Crippen LogP contribution < -0.4 is 11.1 Å². The van der Waals surface area contributed by atoms with E-state index >= 15 is 0 Å². The van der Waals surface area contributed by atoms with E-state index in [0.29, 0.717) is 13.2 Å². The summed E-state index contributed by atoms with van der Waals surface area (Å²) in [6.07, 6.45) is 0. The SMILES string of the molecule is COCCNC(=O)C(C)C(N)=NO. The number of nitrogens with zero attached hydrogens (tertiary/aromatic N) is 1. The number of nitrogens with one attached hydrogen (secondary N) is 1. The van der Waals surface area contributed by atoms with Crippen molar-refractivity contribution in [2.45, 2.75) is 6.92 Å². The van der Waals surface area contributed by atoms with Crippen molar-refractivity contribution in [2.75, 3.05) is 20.3 Å². The Morgan fingerprint density at radius 2 is 2.38 bits per heavy atom. The minimum atomic E-state index is -0.623. The maximum Gasteiger partial charge on any atom is 0.230 e. The highest BCUT2D eigenvalue weighted by Gasteiger charge is 2.16. The number of oxime groups is 1. The Bertz CT molecular complexity index is 193. The van der Waals surface area contributed by atoms with Crippen molar-refractivity contribution in [2.24, 2.45) is 16.8 Å². The van der Waals surface area contributed by atoms with Crippen molar-refractivity contribution < 1.29 is 14.7 Å². The smallest absolute Gasteiger partial charge is 0.230 e. The summed E-state index contributed by atoms with van der Waals surface area (Å²) in [4.78, 5) is 11.2. The molecule has 13 heavy (non-hydrogen) atoms. The highest BCUT2D eigenvalue weighted by Crippen LogP contribution is 1.93. The molecule has 0 rings (SSSR count). The average Bonchev–Trinajstić information content (AvgIpc) is 2.15. The number of nitrogens with two attached hydrogens (primary N) is 1. The van der Waals surface area contributed by atoms with Gasteiger partial charge in [0.15, 0.2) is 5.84 Å². The summed E-state index contributed by atoms with van der Waals surface area (Å²) < 4.78 is 4.73. The van der Waals surface area contributed by atoms with Crippen molar-refractivity contribution in [3.8, 4) is 0 Å². The van der Waals surface area contributed by atoms with Crippen molar-refractivity contribution in [3.63, 3.8) is 0 Å². The molecule has 76 valence electrons. The van der Waals surface area contributed by atoms with Crippen LogP contribution in [0.4, 0.5) is 0 Å². The predicted octanol–water partition coefficient (Wildman–Crippen LogP) is -0.868. The third-order valence-corrected chi connectivity index (χ3v) is 1.56. The minimum Gasteiger partial charge on any atom is -0.409 e. The van der Waals surface area contributed by atoms with E-state index < -0.39 is 5.92 Å². The Balaban J connectivity index is 3.83. The molecule has 0 saturated carbocycles. The molecule has 0 heterocycles. The van der Waals surface area contributed by atoms with Crippen molar-refractivity contribution >= 4 is 11.7 Å². The Labute approximate surface area is 76.7 Å². The summed E-state index contributed by atoms with van der Waals surface area (Å²) >= 11 is 0. The second-order valence-electron chi connectivity index (χ2n) is 2.53. The third-order valence-electron chi connectivity index (χ3n) is 1.56. The van der Waals surface area contributed by atoms with Gasteiger partial charge in [-0.15, -0.1) is 0 Å². The Morgan fingerprint density at radius 3 is 2.85 bits per heavy atom. The summed E-state index contributed by atoms with van der Waals surface area (Å²) in [7, 11) is 1.54. The zero-order valence-corrected chi connectivity index (χ0v) is 7.78. The van der Waals surface area contributed by atoms with Gasteiger partial charge in [-0.3, -0.25) is 4.79 Å². The molecule has 6 heteroatoms. The van der Waals surface area contributed by atoms with E-state index in [0.717, 1.165) is 0 Å². The second kappa shape index (κ2) is 6.24. The van der Waals surface area contributed by atoms with E-state index in [4.69, 9.17) is 15.7 Å². The first-order valence-electron chi connectivity index (χ1n) is 3.87. The zero-order valence-electron chi connectivity index (χ0n) is 7.78. The van der Waals surface area contributed by atoms with Crippen LogP contribution in [0.1, 0.15) is 6.92 Å². The van der Waals surface area contributed by atoms with Crippen LogP contribution in [0.5, 0.6) is 0 Å². The Morgan fingerprint density at radius 1 is 1.77 bits per heavy atom. The summed E-state index contributed by atoms with van der Waals surface area (Å²) in [5.41, 5.74) is 5.23. The first kappa shape index (κ1) is 11.7. The predicted molar refractivity (Wildman–Crippen MR) is 47.5 cm³/mol. The number of methoxy groups -OCH3 is 1. The van der Waals surface area contributed by atoms with Crippen LogP contribution in [-0.2, 0) is 9.53 Å². The van der Waals surface area contributed by atoms with Crippen molar-refractivity contribution in [1.82, 2.24) is 5.32 Å². The lowest BCUT2D eigenvalue weighted by Crippen LogP contribution is -2.38. The van der Waals surface area contributed by atoms with Gasteiger partial charge in [0.25, 0.3) is 0 Å². The van der Waals surface area contributed by atoms with Gasteiger partial charge < -0.3 is 21.0 Å². The summed E-state index contributed by atoms with van der Waals surface area (Å²) in [5, 5.41) is 13.6. The van der Waals surface area contributed by atoms with Gasteiger partial charge in [-0.1, -0.05) is 5.16 Å². The lowest BCUT2D eigenvalue weighted by atomic mass is 10.1. The van der Waals surface area contributed by atoms with E-state index in [2.05, 4.69) is 10.5 Å². The van der Waals surface area contributed by atoms with E-state index in [9.17, 15) is 4.79 Å². The highest BCUT2D eigenvalue weighted by atomic mass is 16.5. The molecule has 1 amide bonds. The van der Waals surface area contributed by atoms with Crippen LogP contribution in [0, 0.1) is 5.92 Å². The number of hydrogen-bond donors (Lipinski definition) is 3. The van der Waals surface area contributed by atoms with Crippen LogP contribution in [0.25, 0.3) is 0 Å². The molecule has 0 aliphatic rings. The number of ether oxygens (including phenoxy) is 1. The number of carbonyl (C=O) groups excluding carboxylic acids is 1. The Kier molecular flexibility index (Phi) is 5.62. The van der Waals surface area contributed by atoms with Crippen molar-refractivity contribution in [1.29, 1.82) is 0 Å². The molecule has 0 aliphatic heterocycles. The molecule has 0 aromatic carbocycles. The Hall–Kier alpha value is -1.30. The third kappa shape index (κ3) is 4.32. The fourth-order valence-corrected chi connectivity index (χ4v) is 0.650. The number of amidine groups is 1. The van der Waals surface area contributed by atoms with Crippen LogP contribution in [0.3, 0.4) is 0 Å². The van der Waals surface area contributed by atoms with Crippen LogP contribution in [0.2, 0.25) is 0 Å². The molecule has 0 aromatic rings. The molecule has 1 unspecified atom stereocenters. The summed E-state index contributed by atoms with van der Waals surface area (Å²) in [5.74, 6) is -1.01. The molecular weight excluding hydrogens is 174 g/mol. The van der Waals surface area contributed by atoms with Gasteiger partial charge in [0.2, 0.25) is 5.91 Å². The molecule has 0 fully saturated rings. The van der Waals surface area contributed by atoms with Gasteiger partial charge >= 0.3 is 0 Å². The topological polar surface area (TPSA) is 96.9 Å². The maximum absolute atomic E-state index is 11.2. The van der Waals surface area contributed by atoms with Gasteiger partial charge in [0, 0.05) is 13.7 Å². The highest BCUT2D eigenvalue weighted by molar-refractivity contribution is 6.01. The summed E-state index contributed by atoms with van der Waals surface area (Å²) in [6, 6.07) is 0. The average molecular weight is 189 g/mol. The monoisotopic (exact) mass is 189 g/mol. The number of hydrogen-bond acceptors (Lipinski definition) is 4. The number of amides is 1. The molecular formula is C7H15N3O3. The summed E-state index contributed by atoms with van der Waals surface area (Å²) in [6.45, 7) is 2.41. The van der Waals surface area contributed by atoms with Crippen molar-refractivity contribution in [3.05, 3.63) is 0 Å². The molecule has 0 radical (unpaired) electrons. The first-order valence-corrected chi connectivity index (χ1v) is 3.87. The molecule has 0 spiro atoms. The molecule has 0 aromatic heterocycles. The normalized spacial score (nSPS) is 13.8. The number of rotatable bonds is 5. The largest absolute Gasteiger partial charge is 0.409 e. The molecule has 1 atom stereocenters. The fourth-order valence-electron chi connectivity index (χ4n) is 0.650. The zero-order chi connectivity index (χ0) is 10.3. The molecule has 0 bridgehead atoms.